The first-order chi connectivity index (χ1) is 8.61. The molecule has 6 heteroatoms. The molecular formula is C12H15ClN4O. The lowest BCUT2D eigenvalue weighted by Gasteiger charge is -2.10. The number of rotatable bonds is 4. The Kier molecular flexibility index (Phi) is 3.81. The van der Waals surface area contributed by atoms with Gasteiger partial charge in [0, 0.05) is 18.2 Å². The molecule has 0 N–H and O–H groups in total. The van der Waals surface area contributed by atoms with Crippen molar-refractivity contribution in [1.82, 2.24) is 19.7 Å². The Hall–Kier alpha value is -1.62. The Labute approximate surface area is 111 Å². The van der Waals surface area contributed by atoms with E-state index >= 15 is 0 Å². The van der Waals surface area contributed by atoms with E-state index in [4.69, 9.17) is 16.3 Å². The van der Waals surface area contributed by atoms with E-state index < -0.39 is 0 Å². The first-order valence-electron chi connectivity index (χ1n) is 5.69. The molecule has 0 aliphatic carbocycles. The molecule has 0 aliphatic heterocycles. The van der Waals surface area contributed by atoms with E-state index in [1.807, 2.05) is 16.7 Å². The van der Waals surface area contributed by atoms with Crippen molar-refractivity contribution in [2.24, 2.45) is 0 Å². The number of hydrogen-bond acceptors (Lipinski definition) is 4. The molecule has 0 atom stereocenters. The maximum atomic E-state index is 6.06. The number of nitrogens with zero attached hydrogens (tertiary/aromatic N) is 4. The quantitative estimate of drug-likeness (QED) is 0.853. The SMILES string of the molecule is COc1cc(Cn2c(Cl)nnc2C(C)C)ccn1. The molecule has 5 nitrogen and oxygen atoms in total. The predicted molar refractivity (Wildman–Crippen MR) is 69.0 cm³/mol. The van der Waals surface area contributed by atoms with Crippen LogP contribution in [0.25, 0.3) is 0 Å². The summed E-state index contributed by atoms with van der Waals surface area (Å²) in [5.41, 5.74) is 1.05. The average molecular weight is 267 g/mol. The van der Waals surface area contributed by atoms with E-state index in [9.17, 15) is 0 Å². The monoisotopic (exact) mass is 266 g/mol. The second kappa shape index (κ2) is 5.35. The molecule has 2 aromatic rings. The lowest BCUT2D eigenvalue weighted by atomic mass is 10.2. The van der Waals surface area contributed by atoms with E-state index in [1.165, 1.54) is 0 Å². The lowest BCUT2D eigenvalue weighted by molar-refractivity contribution is 0.397. The van der Waals surface area contributed by atoms with Crippen molar-refractivity contribution in [2.75, 3.05) is 7.11 Å². The van der Waals surface area contributed by atoms with Gasteiger partial charge < -0.3 is 4.74 Å². The van der Waals surface area contributed by atoms with Crippen LogP contribution in [0.4, 0.5) is 0 Å². The second-order valence-corrected chi connectivity index (χ2v) is 4.61. The molecule has 2 heterocycles. The maximum absolute atomic E-state index is 6.06. The molecule has 96 valence electrons. The second-order valence-electron chi connectivity index (χ2n) is 4.27. The number of halogens is 1. The largest absolute Gasteiger partial charge is 0.481 e. The van der Waals surface area contributed by atoms with Crippen LogP contribution in [0.15, 0.2) is 18.3 Å². The number of ether oxygens (including phenoxy) is 1. The molecule has 0 radical (unpaired) electrons. The third kappa shape index (κ3) is 2.61. The normalized spacial score (nSPS) is 10.9. The predicted octanol–water partition coefficient (Wildman–Crippen LogP) is 2.51. The van der Waals surface area contributed by atoms with Gasteiger partial charge in [0.2, 0.25) is 11.2 Å². The van der Waals surface area contributed by atoms with Gasteiger partial charge in [0.05, 0.1) is 13.7 Å². The number of pyridine rings is 1. The Morgan fingerprint density at radius 1 is 1.39 bits per heavy atom. The molecule has 2 aromatic heterocycles. The highest BCUT2D eigenvalue weighted by Crippen LogP contribution is 2.19. The minimum atomic E-state index is 0.272. The summed E-state index contributed by atoms with van der Waals surface area (Å²) in [5, 5.41) is 8.39. The van der Waals surface area contributed by atoms with Gasteiger partial charge in [-0.1, -0.05) is 13.8 Å². The molecule has 0 aromatic carbocycles. The zero-order valence-corrected chi connectivity index (χ0v) is 11.3. The lowest BCUT2D eigenvalue weighted by Crippen LogP contribution is -2.07. The van der Waals surface area contributed by atoms with Gasteiger partial charge in [-0.25, -0.2) is 4.98 Å². The van der Waals surface area contributed by atoms with Gasteiger partial charge in [0.15, 0.2) is 0 Å². The smallest absolute Gasteiger partial charge is 0.225 e. The minimum absolute atomic E-state index is 0.272. The van der Waals surface area contributed by atoms with E-state index in [1.54, 1.807) is 13.3 Å². The number of aromatic nitrogens is 4. The van der Waals surface area contributed by atoms with Gasteiger partial charge in [-0.05, 0) is 23.2 Å². The van der Waals surface area contributed by atoms with Gasteiger partial charge >= 0.3 is 0 Å². The third-order valence-corrected chi connectivity index (χ3v) is 2.88. The topological polar surface area (TPSA) is 52.8 Å². The fraction of sp³-hybridized carbons (Fsp3) is 0.417. The molecule has 2 rings (SSSR count). The van der Waals surface area contributed by atoms with Gasteiger partial charge in [-0.15, -0.1) is 10.2 Å². The summed E-state index contributed by atoms with van der Waals surface area (Å²) in [4.78, 5) is 4.07. The molecule has 0 spiro atoms. The van der Waals surface area contributed by atoms with Crippen molar-refractivity contribution in [3.63, 3.8) is 0 Å². The molecular weight excluding hydrogens is 252 g/mol. The first kappa shape index (κ1) is 12.8. The molecule has 0 fully saturated rings. The summed E-state index contributed by atoms with van der Waals surface area (Å²) in [6, 6.07) is 3.80. The van der Waals surface area contributed by atoms with E-state index in [0.29, 0.717) is 17.7 Å². The Morgan fingerprint density at radius 2 is 2.17 bits per heavy atom. The Morgan fingerprint density at radius 3 is 2.83 bits per heavy atom. The summed E-state index contributed by atoms with van der Waals surface area (Å²) < 4.78 is 6.99. The van der Waals surface area contributed by atoms with Crippen LogP contribution in [0.1, 0.15) is 31.2 Å². The Balaban J connectivity index is 2.30. The van der Waals surface area contributed by atoms with Crippen LogP contribution in [-0.2, 0) is 6.54 Å². The van der Waals surface area contributed by atoms with E-state index in [0.717, 1.165) is 11.4 Å². The third-order valence-electron chi connectivity index (χ3n) is 2.60. The van der Waals surface area contributed by atoms with Gasteiger partial charge in [-0.3, -0.25) is 4.57 Å². The highest BCUT2D eigenvalue weighted by molar-refractivity contribution is 6.28. The summed E-state index contributed by atoms with van der Waals surface area (Å²) in [5.74, 6) is 1.73. The molecule has 0 aliphatic rings. The molecule has 0 amide bonds. The Bertz CT molecular complexity index is 539. The van der Waals surface area contributed by atoms with Crippen LogP contribution in [0, 0.1) is 0 Å². The van der Waals surface area contributed by atoms with Crippen LogP contribution in [0.2, 0.25) is 5.28 Å². The maximum Gasteiger partial charge on any atom is 0.225 e. The van der Waals surface area contributed by atoms with Crippen LogP contribution in [0.5, 0.6) is 5.88 Å². The van der Waals surface area contributed by atoms with Crippen molar-refractivity contribution >= 4 is 11.6 Å². The highest BCUT2D eigenvalue weighted by atomic mass is 35.5. The fourth-order valence-corrected chi connectivity index (χ4v) is 1.90. The van der Waals surface area contributed by atoms with Crippen LogP contribution in [0.3, 0.4) is 0 Å². The van der Waals surface area contributed by atoms with Crippen molar-refractivity contribution in [2.45, 2.75) is 26.3 Å². The van der Waals surface area contributed by atoms with Crippen LogP contribution >= 0.6 is 11.6 Å². The van der Waals surface area contributed by atoms with Gasteiger partial charge in [0.25, 0.3) is 0 Å². The van der Waals surface area contributed by atoms with Crippen molar-refractivity contribution in [3.05, 3.63) is 35.0 Å². The summed E-state index contributed by atoms with van der Waals surface area (Å²) >= 11 is 6.06. The van der Waals surface area contributed by atoms with Crippen molar-refractivity contribution in [1.29, 1.82) is 0 Å². The first-order valence-corrected chi connectivity index (χ1v) is 6.07. The van der Waals surface area contributed by atoms with Crippen LogP contribution < -0.4 is 4.74 Å². The zero-order chi connectivity index (χ0) is 13.1. The van der Waals surface area contributed by atoms with Gasteiger partial charge in [0.1, 0.15) is 5.82 Å². The van der Waals surface area contributed by atoms with E-state index in [-0.39, 0.29) is 5.92 Å². The van der Waals surface area contributed by atoms with Crippen molar-refractivity contribution in [3.8, 4) is 5.88 Å². The number of methoxy groups -OCH3 is 1. The highest BCUT2D eigenvalue weighted by Gasteiger charge is 2.13. The van der Waals surface area contributed by atoms with E-state index in [2.05, 4.69) is 29.0 Å². The molecule has 0 saturated carbocycles. The molecule has 18 heavy (non-hydrogen) atoms. The standard InChI is InChI=1S/C12H15ClN4O/c1-8(2)11-15-16-12(13)17(11)7-9-4-5-14-10(6-9)18-3/h4-6,8H,7H2,1-3H3. The zero-order valence-electron chi connectivity index (χ0n) is 10.6. The van der Waals surface area contributed by atoms with Crippen molar-refractivity contribution < 1.29 is 4.74 Å². The molecule has 0 unspecified atom stereocenters. The molecule has 0 saturated heterocycles. The van der Waals surface area contributed by atoms with Crippen LogP contribution in [-0.4, -0.2) is 26.9 Å². The molecule has 0 bridgehead atoms. The fourth-order valence-electron chi connectivity index (χ4n) is 1.71. The van der Waals surface area contributed by atoms with Gasteiger partial charge in [-0.2, -0.15) is 0 Å². The minimum Gasteiger partial charge on any atom is -0.481 e. The summed E-state index contributed by atoms with van der Waals surface area (Å²) in [6.07, 6.45) is 1.71. The summed E-state index contributed by atoms with van der Waals surface area (Å²) in [6.45, 7) is 4.73. The summed E-state index contributed by atoms with van der Waals surface area (Å²) in [7, 11) is 1.59. The average Bonchev–Trinajstić information content (AvgIpc) is 2.71. The number of hydrogen-bond donors (Lipinski definition) is 0.